The quantitative estimate of drug-likeness (QED) is 0.834. The molecular formula is C19H20N2O2. The molecule has 2 aromatic rings. The van der Waals surface area contributed by atoms with Crippen molar-refractivity contribution in [2.45, 2.75) is 13.5 Å². The molecule has 2 N–H and O–H groups in total. The van der Waals surface area contributed by atoms with Crippen molar-refractivity contribution in [1.29, 1.82) is 0 Å². The van der Waals surface area contributed by atoms with Gasteiger partial charge in [-0.2, -0.15) is 0 Å². The molecule has 0 aliphatic heterocycles. The molecule has 0 heterocycles. The van der Waals surface area contributed by atoms with E-state index in [2.05, 4.69) is 10.6 Å². The highest BCUT2D eigenvalue weighted by Crippen LogP contribution is 2.07. The Morgan fingerprint density at radius 2 is 1.74 bits per heavy atom. The second kappa shape index (κ2) is 7.94. The minimum atomic E-state index is -0.149. The number of benzene rings is 2. The lowest BCUT2D eigenvalue weighted by Gasteiger charge is -2.05. The summed E-state index contributed by atoms with van der Waals surface area (Å²) in [6.45, 7) is 2.52. The molecule has 2 rings (SSSR count). The lowest BCUT2D eigenvalue weighted by molar-refractivity contribution is -0.116. The second-order valence-electron chi connectivity index (χ2n) is 5.18. The van der Waals surface area contributed by atoms with Crippen LogP contribution in [0.25, 0.3) is 6.08 Å². The first-order valence-electron chi connectivity index (χ1n) is 7.42. The fourth-order valence-electron chi connectivity index (χ4n) is 2.11. The zero-order valence-electron chi connectivity index (χ0n) is 13.3. The van der Waals surface area contributed by atoms with Gasteiger partial charge in [-0.25, -0.2) is 0 Å². The van der Waals surface area contributed by atoms with Gasteiger partial charge in [0.2, 0.25) is 5.91 Å². The first-order chi connectivity index (χ1) is 11.1. The predicted molar refractivity (Wildman–Crippen MR) is 91.9 cm³/mol. The van der Waals surface area contributed by atoms with Crippen LogP contribution in [0.15, 0.2) is 54.6 Å². The monoisotopic (exact) mass is 308 g/mol. The Morgan fingerprint density at radius 3 is 2.39 bits per heavy atom. The Kier molecular flexibility index (Phi) is 5.69. The smallest absolute Gasteiger partial charge is 0.251 e. The number of rotatable bonds is 5. The summed E-state index contributed by atoms with van der Waals surface area (Å²) < 4.78 is 0. The van der Waals surface area contributed by atoms with Crippen molar-refractivity contribution in [1.82, 2.24) is 10.6 Å². The van der Waals surface area contributed by atoms with Gasteiger partial charge in [-0.3, -0.25) is 9.59 Å². The summed E-state index contributed by atoms with van der Waals surface area (Å²) in [4.78, 5) is 23.3. The molecule has 4 heteroatoms. The molecule has 2 aromatic carbocycles. The van der Waals surface area contributed by atoms with Crippen molar-refractivity contribution in [3.63, 3.8) is 0 Å². The van der Waals surface area contributed by atoms with Crippen molar-refractivity contribution >= 4 is 17.9 Å². The van der Waals surface area contributed by atoms with Crippen LogP contribution in [0, 0.1) is 6.92 Å². The SMILES string of the molecule is CNC(=O)c1ccc(/C=C/C(=O)NCc2ccccc2C)cc1. The number of nitrogens with one attached hydrogen (secondary N) is 2. The van der Waals surface area contributed by atoms with Gasteiger partial charge < -0.3 is 10.6 Å². The summed E-state index contributed by atoms with van der Waals surface area (Å²) in [7, 11) is 1.59. The molecule has 0 aliphatic rings. The Bertz CT molecular complexity index is 718. The molecule has 0 aromatic heterocycles. The average molecular weight is 308 g/mol. The van der Waals surface area contributed by atoms with Crippen molar-refractivity contribution in [3.05, 3.63) is 76.9 Å². The van der Waals surface area contributed by atoms with Crippen LogP contribution in [0.3, 0.4) is 0 Å². The van der Waals surface area contributed by atoms with E-state index >= 15 is 0 Å². The van der Waals surface area contributed by atoms with Gasteiger partial charge in [0.05, 0.1) is 0 Å². The van der Waals surface area contributed by atoms with Crippen molar-refractivity contribution in [2.75, 3.05) is 7.05 Å². The number of hydrogen-bond acceptors (Lipinski definition) is 2. The number of hydrogen-bond donors (Lipinski definition) is 2. The highest BCUT2D eigenvalue weighted by Gasteiger charge is 2.02. The van der Waals surface area contributed by atoms with E-state index in [1.54, 1.807) is 37.4 Å². The fourth-order valence-corrected chi connectivity index (χ4v) is 2.11. The molecule has 2 amide bonds. The van der Waals surface area contributed by atoms with Gasteiger partial charge in [0.25, 0.3) is 5.91 Å². The van der Waals surface area contributed by atoms with Crippen LogP contribution < -0.4 is 10.6 Å². The van der Waals surface area contributed by atoms with Crippen LogP contribution in [0.5, 0.6) is 0 Å². The second-order valence-corrected chi connectivity index (χ2v) is 5.18. The minimum Gasteiger partial charge on any atom is -0.355 e. The highest BCUT2D eigenvalue weighted by molar-refractivity contribution is 5.94. The lowest BCUT2D eigenvalue weighted by Crippen LogP contribution is -2.20. The first kappa shape index (κ1) is 16.5. The Hall–Kier alpha value is -2.88. The summed E-state index contributed by atoms with van der Waals surface area (Å²) in [6.07, 6.45) is 3.22. The van der Waals surface area contributed by atoms with Crippen LogP contribution in [0.4, 0.5) is 0 Å². The normalized spacial score (nSPS) is 10.5. The maximum atomic E-state index is 11.9. The largest absolute Gasteiger partial charge is 0.355 e. The third kappa shape index (κ3) is 4.81. The van der Waals surface area contributed by atoms with Gasteiger partial charge in [-0.15, -0.1) is 0 Å². The molecule has 0 saturated heterocycles. The zero-order valence-corrected chi connectivity index (χ0v) is 13.3. The van der Waals surface area contributed by atoms with E-state index in [4.69, 9.17) is 0 Å². The molecule has 0 fully saturated rings. The van der Waals surface area contributed by atoms with Crippen molar-refractivity contribution < 1.29 is 9.59 Å². The molecule has 0 bridgehead atoms. The maximum absolute atomic E-state index is 11.9. The van der Waals surface area contributed by atoms with Gasteiger partial charge >= 0.3 is 0 Å². The number of carbonyl (C=O) groups is 2. The molecular weight excluding hydrogens is 288 g/mol. The van der Waals surface area contributed by atoms with E-state index in [0.29, 0.717) is 12.1 Å². The lowest BCUT2D eigenvalue weighted by atomic mass is 10.1. The van der Waals surface area contributed by atoms with Crippen LogP contribution in [0.2, 0.25) is 0 Å². The third-order valence-electron chi connectivity index (χ3n) is 3.54. The van der Waals surface area contributed by atoms with Crippen LogP contribution >= 0.6 is 0 Å². The van der Waals surface area contributed by atoms with Crippen molar-refractivity contribution in [3.8, 4) is 0 Å². The third-order valence-corrected chi connectivity index (χ3v) is 3.54. The van der Waals surface area contributed by atoms with E-state index in [1.165, 1.54) is 6.08 Å². The molecule has 0 radical (unpaired) electrons. The molecule has 4 nitrogen and oxygen atoms in total. The van der Waals surface area contributed by atoms with E-state index < -0.39 is 0 Å². The molecule has 23 heavy (non-hydrogen) atoms. The molecule has 0 aliphatic carbocycles. The van der Waals surface area contributed by atoms with Crippen molar-refractivity contribution in [2.24, 2.45) is 0 Å². The summed E-state index contributed by atoms with van der Waals surface area (Å²) in [5.74, 6) is -0.278. The van der Waals surface area contributed by atoms with Gasteiger partial charge in [0.15, 0.2) is 0 Å². The van der Waals surface area contributed by atoms with Crippen LogP contribution in [0.1, 0.15) is 27.0 Å². The Morgan fingerprint density at radius 1 is 1.04 bits per heavy atom. The number of aryl methyl sites for hydroxylation is 1. The Balaban J connectivity index is 1.91. The summed E-state index contributed by atoms with van der Waals surface area (Å²) >= 11 is 0. The zero-order chi connectivity index (χ0) is 16.7. The average Bonchev–Trinajstić information content (AvgIpc) is 2.59. The number of amides is 2. The first-order valence-corrected chi connectivity index (χ1v) is 7.42. The number of carbonyl (C=O) groups excluding carboxylic acids is 2. The minimum absolute atomic E-state index is 0.128. The summed E-state index contributed by atoms with van der Waals surface area (Å²) in [5, 5.41) is 5.43. The molecule has 118 valence electrons. The Labute approximate surface area is 136 Å². The van der Waals surface area contributed by atoms with Gasteiger partial charge in [-0.05, 0) is 41.8 Å². The topological polar surface area (TPSA) is 58.2 Å². The van der Waals surface area contributed by atoms with E-state index in [-0.39, 0.29) is 11.8 Å². The highest BCUT2D eigenvalue weighted by atomic mass is 16.2. The molecule has 0 atom stereocenters. The van der Waals surface area contributed by atoms with E-state index in [1.807, 2.05) is 31.2 Å². The fraction of sp³-hybridized carbons (Fsp3) is 0.158. The van der Waals surface area contributed by atoms with Gasteiger partial charge in [0.1, 0.15) is 0 Å². The molecule has 0 spiro atoms. The summed E-state index contributed by atoms with van der Waals surface area (Å²) in [6, 6.07) is 15.0. The van der Waals surface area contributed by atoms with E-state index in [9.17, 15) is 9.59 Å². The molecule has 0 unspecified atom stereocenters. The summed E-state index contributed by atoms with van der Waals surface area (Å²) in [5.41, 5.74) is 3.71. The van der Waals surface area contributed by atoms with Crippen LogP contribution in [-0.2, 0) is 11.3 Å². The predicted octanol–water partition coefficient (Wildman–Crippen LogP) is 2.68. The maximum Gasteiger partial charge on any atom is 0.251 e. The van der Waals surface area contributed by atoms with Crippen LogP contribution in [-0.4, -0.2) is 18.9 Å². The van der Waals surface area contributed by atoms with Gasteiger partial charge in [-0.1, -0.05) is 36.4 Å². The van der Waals surface area contributed by atoms with Gasteiger partial charge in [0, 0.05) is 25.2 Å². The molecule has 0 saturated carbocycles. The van der Waals surface area contributed by atoms with E-state index in [0.717, 1.165) is 16.7 Å². The standard InChI is InChI=1S/C19H20N2O2/c1-14-5-3-4-6-17(14)13-21-18(22)12-9-15-7-10-16(11-8-15)19(23)20-2/h3-12H,13H2,1-2H3,(H,20,23)(H,21,22)/b12-9+.